The average molecular weight is 223 g/mol. The van der Waals surface area contributed by atoms with Gasteiger partial charge in [-0.2, -0.15) is 13.2 Å². The van der Waals surface area contributed by atoms with E-state index in [9.17, 15) is 13.2 Å². The molecule has 1 saturated carbocycles. The van der Waals surface area contributed by atoms with E-state index in [4.69, 9.17) is 4.74 Å². The van der Waals surface area contributed by atoms with Gasteiger partial charge in [0.2, 0.25) is 0 Å². The summed E-state index contributed by atoms with van der Waals surface area (Å²) in [5, 5.41) is 0. The van der Waals surface area contributed by atoms with Crippen LogP contribution in [0.1, 0.15) is 6.92 Å². The molecule has 3 atom stereocenters. The molecule has 88 valence electrons. The molecule has 2 aliphatic rings. The molecule has 2 fully saturated rings. The van der Waals surface area contributed by atoms with Crippen LogP contribution in [0.2, 0.25) is 0 Å². The second-order valence-corrected chi connectivity index (χ2v) is 4.46. The van der Waals surface area contributed by atoms with Gasteiger partial charge in [0.15, 0.2) is 0 Å². The van der Waals surface area contributed by atoms with E-state index in [-0.39, 0.29) is 0 Å². The normalized spacial score (nSPS) is 35.6. The molecule has 0 aromatic carbocycles. The minimum atomic E-state index is -4.05. The Bertz CT molecular complexity index is 219. The van der Waals surface area contributed by atoms with Crippen LogP contribution in [0.25, 0.3) is 0 Å². The van der Waals surface area contributed by atoms with Crippen LogP contribution in [-0.2, 0) is 4.74 Å². The molecule has 2 nitrogen and oxygen atoms in total. The van der Waals surface area contributed by atoms with Crippen LogP contribution in [0.4, 0.5) is 13.2 Å². The fourth-order valence-electron chi connectivity index (χ4n) is 2.62. The van der Waals surface area contributed by atoms with Crippen molar-refractivity contribution in [3.8, 4) is 0 Å². The monoisotopic (exact) mass is 223 g/mol. The van der Waals surface area contributed by atoms with Gasteiger partial charge in [-0.3, -0.25) is 4.90 Å². The van der Waals surface area contributed by atoms with Crippen molar-refractivity contribution in [2.45, 2.75) is 13.1 Å². The van der Waals surface area contributed by atoms with Gasteiger partial charge in [0.25, 0.3) is 0 Å². The minimum absolute atomic E-state index is 0.457. The lowest BCUT2D eigenvalue weighted by Gasteiger charge is -2.20. The lowest BCUT2D eigenvalue weighted by atomic mass is 10.3. The highest BCUT2D eigenvalue weighted by Gasteiger charge is 2.56. The number of hydrogen-bond acceptors (Lipinski definition) is 2. The van der Waals surface area contributed by atoms with Crippen molar-refractivity contribution in [3.63, 3.8) is 0 Å². The quantitative estimate of drug-likeness (QED) is 0.720. The molecule has 0 aromatic rings. The average Bonchev–Trinajstić information content (AvgIpc) is 2.54. The van der Waals surface area contributed by atoms with Gasteiger partial charge in [-0.25, -0.2) is 0 Å². The molecule has 0 bridgehead atoms. The standard InChI is InChI=1S/C10H16F3NO/c1-2-15-5-9-7-3-14(4-8(7)9)6-10(11,12)13/h7-9H,2-6H2,1H3/t7-,8+,9?. The fourth-order valence-corrected chi connectivity index (χ4v) is 2.62. The first kappa shape index (κ1) is 11.2. The molecule has 0 N–H and O–H groups in total. The molecule has 0 aromatic heterocycles. The second kappa shape index (κ2) is 3.94. The summed E-state index contributed by atoms with van der Waals surface area (Å²) >= 11 is 0. The maximum absolute atomic E-state index is 12.1. The van der Waals surface area contributed by atoms with Crippen molar-refractivity contribution in [2.24, 2.45) is 17.8 Å². The van der Waals surface area contributed by atoms with E-state index in [1.54, 1.807) is 0 Å². The number of rotatable bonds is 4. The van der Waals surface area contributed by atoms with Gasteiger partial charge in [0.1, 0.15) is 0 Å². The maximum atomic E-state index is 12.1. The zero-order valence-corrected chi connectivity index (χ0v) is 8.76. The van der Waals surface area contributed by atoms with E-state index in [2.05, 4.69) is 0 Å². The smallest absolute Gasteiger partial charge is 0.381 e. The number of likely N-dealkylation sites (tertiary alicyclic amines) is 1. The summed E-state index contributed by atoms with van der Waals surface area (Å²) < 4.78 is 41.5. The topological polar surface area (TPSA) is 12.5 Å². The number of ether oxygens (including phenoxy) is 1. The molecule has 0 radical (unpaired) electrons. The van der Waals surface area contributed by atoms with Crippen molar-refractivity contribution in [2.75, 3.05) is 32.8 Å². The number of piperidine rings is 1. The zero-order chi connectivity index (χ0) is 11.1. The first-order valence-corrected chi connectivity index (χ1v) is 5.38. The molecule has 1 aliphatic heterocycles. The van der Waals surface area contributed by atoms with Crippen molar-refractivity contribution < 1.29 is 17.9 Å². The first-order valence-electron chi connectivity index (χ1n) is 5.38. The largest absolute Gasteiger partial charge is 0.401 e. The molecular weight excluding hydrogens is 207 g/mol. The lowest BCUT2D eigenvalue weighted by Crippen LogP contribution is -2.34. The summed E-state index contributed by atoms with van der Waals surface area (Å²) in [6, 6.07) is 0. The number of nitrogens with zero attached hydrogens (tertiary/aromatic N) is 1. The van der Waals surface area contributed by atoms with Crippen molar-refractivity contribution in [3.05, 3.63) is 0 Å². The molecule has 1 saturated heterocycles. The third-order valence-electron chi connectivity index (χ3n) is 3.36. The van der Waals surface area contributed by atoms with Crippen LogP contribution < -0.4 is 0 Å². The summed E-state index contributed by atoms with van der Waals surface area (Å²) in [7, 11) is 0. The van der Waals surface area contributed by atoms with Crippen LogP contribution >= 0.6 is 0 Å². The van der Waals surface area contributed by atoms with Crippen LogP contribution in [0, 0.1) is 17.8 Å². The maximum Gasteiger partial charge on any atom is 0.401 e. The highest BCUT2D eigenvalue weighted by atomic mass is 19.4. The molecular formula is C10H16F3NO. The fraction of sp³-hybridized carbons (Fsp3) is 1.00. The molecule has 5 heteroatoms. The SMILES string of the molecule is CCOCC1[C@H]2CN(CC(F)(F)F)C[C@@H]12. The zero-order valence-electron chi connectivity index (χ0n) is 8.76. The van der Waals surface area contributed by atoms with Crippen molar-refractivity contribution >= 4 is 0 Å². The summed E-state index contributed by atoms with van der Waals surface area (Å²) in [5.41, 5.74) is 0. The van der Waals surface area contributed by atoms with Gasteiger partial charge >= 0.3 is 6.18 Å². The summed E-state index contributed by atoms with van der Waals surface area (Å²) in [4.78, 5) is 1.51. The Balaban J connectivity index is 1.69. The van der Waals surface area contributed by atoms with Crippen molar-refractivity contribution in [1.29, 1.82) is 0 Å². The van der Waals surface area contributed by atoms with Gasteiger partial charge in [0.05, 0.1) is 13.2 Å². The Labute approximate surface area is 87.4 Å². The number of fused-ring (bicyclic) bond motifs is 1. The van der Waals surface area contributed by atoms with Crippen LogP contribution in [0.3, 0.4) is 0 Å². The Morgan fingerprint density at radius 2 is 1.87 bits per heavy atom. The third-order valence-corrected chi connectivity index (χ3v) is 3.36. The van der Waals surface area contributed by atoms with Gasteiger partial charge in [-0.15, -0.1) is 0 Å². The van der Waals surface area contributed by atoms with E-state index >= 15 is 0 Å². The summed E-state index contributed by atoms with van der Waals surface area (Å²) in [6.45, 7) is 3.81. The van der Waals surface area contributed by atoms with E-state index < -0.39 is 12.7 Å². The molecule has 1 heterocycles. The molecule has 15 heavy (non-hydrogen) atoms. The highest BCUT2D eigenvalue weighted by Crippen LogP contribution is 2.52. The van der Waals surface area contributed by atoms with Gasteiger partial charge in [0, 0.05) is 19.7 Å². The Hall–Kier alpha value is -0.290. The first-order chi connectivity index (χ1) is 7.01. The predicted molar refractivity (Wildman–Crippen MR) is 49.5 cm³/mol. The molecule has 1 aliphatic carbocycles. The molecule has 0 amide bonds. The van der Waals surface area contributed by atoms with Crippen molar-refractivity contribution in [1.82, 2.24) is 4.90 Å². The lowest BCUT2D eigenvalue weighted by molar-refractivity contribution is -0.145. The van der Waals surface area contributed by atoms with Crippen LogP contribution in [0.5, 0.6) is 0 Å². The second-order valence-electron chi connectivity index (χ2n) is 4.46. The van der Waals surface area contributed by atoms with Crippen LogP contribution in [-0.4, -0.2) is 43.9 Å². The van der Waals surface area contributed by atoms with E-state index in [0.29, 0.717) is 37.5 Å². The number of alkyl halides is 3. The molecule has 1 unspecified atom stereocenters. The minimum Gasteiger partial charge on any atom is -0.381 e. The van der Waals surface area contributed by atoms with Gasteiger partial charge in [-0.05, 0) is 24.7 Å². The Morgan fingerprint density at radius 1 is 1.27 bits per heavy atom. The van der Waals surface area contributed by atoms with Gasteiger partial charge in [-0.1, -0.05) is 0 Å². The summed E-state index contributed by atoms with van der Waals surface area (Å²) in [6.07, 6.45) is -4.05. The van der Waals surface area contributed by atoms with E-state index in [0.717, 1.165) is 6.61 Å². The van der Waals surface area contributed by atoms with Crippen LogP contribution in [0.15, 0.2) is 0 Å². The van der Waals surface area contributed by atoms with Gasteiger partial charge < -0.3 is 4.74 Å². The Morgan fingerprint density at radius 3 is 2.33 bits per heavy atom. The highest BCUT2D eigenvalue weighted by molar-refractivity contribution is 5.05. The van der Waals surface area contributed by atoms with E-state index in [1.807, 2.05) is 6.92 Å². The predicted octanol–water partition coefficient (Wildman–Crippen LogP) is 1.76. The third kappa shape index (κ3) is 2.64. The Kier molecular flexibility index (Phi) is 2.94. The number of hydrogen-bond donors (Lipinski definition) is 0. The summed E-state index contributed by atoms with van der Waals surface area (Å²) in [5.74, 6) is 1.44. The van der Waals surface area contributed by atoms with E-state index in [1.165, 1.54) is 4.90 Å². The molecule has 2 rings (SSSR count). The molecule has 0 spiro atoms. The number of halogens is 3.